The molecule has 2 fully saturated rings. The molecule has 2 unspecified atom stereocenters. The summed E-state index contributed by atoms with van der Waals surface area (Å²) in [6, 6.07) is 5.00. The van der Waals surface area contributed by atoms with E-state index < -0.39 is 0 Å². The molecule has 2 aliphatic heterocycles. The van der Waals surface area contributed by atoms with Crippen molar-refractivity contribution in [3.8, 4) is 17.2 Å². The average molecular weight is 292 g/mol. The second-order valence-electron chi connectivity index (χ2n) is 5.87. The topological polar surface area (TPSA) is 54.0 Å². The van der Waals surface area contributed by atoms with E-state index in [1.54, 1.807) is 14.2 Å². The number of nitrogens with one attached hydrogen (secondary N) is 1. The van der Waals surface area contributed by atoms with Crippen LogP contribution in [0, 0.1) is 0 Å². The lowest BCUT2D eigenvalue weighted by molar-refractivity contribution is 0.298. The highest BCUT2D eigenvalue weighted by Crippen LogP contribution is 2.37. The molecule has 5 heteroatoms. The molecule has 0 bridgehead atoms. The Hall–Kier alpha value is -1.46. The third-order valence-corrected chi connectivity index (χ3v) is 4.71. The fraction of sp³-hybridized carbons (Fsp3) is 0.625. The molecule has 0 aromatic heterocycles. The number of phenolic OH excluding ortho intramolecular Hbond substituents is 1. The Morgan fingerprint density at radius 3 is 2.57 bits per heavy atom. The minimum absolute atomic E-state index is 0.0617. The molecule has 5 nitrogen and oxygen atoms in total. The predicted molar refractivity (Wildman–Crippen MR) is 81.1 cm³/mol. The molecule has 0 spiro atoms. The molecular weight excluding hydrogens is 268 g/mol. The van der Waals surface area contributed by atoms with Gasteiger partial charge in [-0.15, -0.1) is 0 Å². The maximum Gasteiger partial charge on any atom is 0.200 e. The number of ether oxygens (including phenoxy) is 2. The van der Waals surface area contributed by atoms with Gasteiger partial charge in [-0.2, -0.15) is 0 Å². The highest BCUT2D eigenvalue weighted by atomic mass is 16.5. The summed E-state index contributed by atoms with van der Waals surface area (Å²) in [5.41, 5.74) is 1.07. The smallest absolute Gasteiger partial charge is 0.200 e. The minimum Gasteiger partial charge on any atom is -0.502 e. The van der Waals surface area contributed by atoms with Gasteiger partial charge in [0, 0.05) is 25.2 Å². The summed E-state index contributed by atoms with van der Waals surface area (Å²) in [7, 11) is 3.11. The molecule has 2 aliphatic rings. The van der Waals surface area contributed by atoms with E-state index in [1.807, 2.05) is 12.1 Å². The van der Waals surface area contributed by atoms with Gasteiger partial charge >= 0.3 is 0 Å². The van der Waals surface area contributed by atoms with Crippen molar-refractivity contribution in [2.75, 3.05) is 27.3 Å². The summed E-state index contributed by atoms with van der Waals surface area (Å²) in [6.07, 6.45) is 3.85. The van der Waals surface area contributed by atoms with Gasteiger partial charge in [-0.3, -0.25) is 4.90 Å². The van der Waals surface area contributed by atoms with Gasteiger partial charge in [0.25, 0.3) is 0 Å². The van der Waals surface area contributed by atoms with Crippen molar-refractivity contribution >= 4 is 0 Å². The fourth-order valence-electron chi connectivity index (χ4n) is 3.62. The first-order valence-electron chi connectivity index (χ1n) is 7.64. The zero-order chi connectivity index (χ0) is 14.8. The van der Waals surface area contributed by atoms with Crippen LogP contribution < -0.4 is 14.8 Å². The van der Waals surface area contributed by atoms with Gasteiger partial charge < -0.3 is 19.9 Å². The maximum atomic E-state index is 9.94. The SMILES string of the molecule is COc1cc(CNC2CCN3CCCC23)cc(OC)c1O. The van der Waals surface area contributed by atoms with E-state index in [2.05, 4.69) is 10.2 Å². The summed E-state index contributed by atoms with van der Waals surface area (Å²) in [5.74, 6) is 0.978. The highest BCUT2D eigenvalue weighted by Gasteiger charge is 2.36. The Morgan fingerprint density at radius 2 is 1.90 bits per heavy atom. The first-order chi connectivity index (χ1) is 10.2. The molecular formula is C16H24N2O3. The third kappa shape index (κ3) is 2.80. The summed E-state index contributed by atoms with van der Waals surface area (Å²) >= 11 is 0. The number of rotatable bonds is 5. The number of fused-ring (bicyclic) bond motifs is 1. The Labute approximate surface area is 125 Å². The van der Waals surface area contributed by atoms with E-state index in [9.17, 15) is 5.11 Å². The van der Waals surface area contributed by atoms with Crippen LogP contribution in [0.4, 0.5) is 0 Å². The molecule has 116 valence electrons. The molecule has 2 N–H and O–H groups in total. The van der Waals surface area contributed by atoms with Crippen LogP contribution in [0.2, 0.25) is 0 Å². The number of benzene rings is 1. The number of aromatic hydroxyl groups is 1. The molecule has 3 rings (SSSR count). The van der Waals surface area contributed by atoms with Crippen LogP contribution in [-0.4, -0.2) is 49.4 Å². The summed E-state index contributed by atoms with van der Waals surface area (Å²) in [6.45, 7) is 3.23. The first-order valence-corrected chi connectivity index (χ1v) is 7.64. The molecule has 2 atom stereocenters. The van der Waals surface area contributed by atoms with Crippen molar-refractivity contribution in [1.82, 2.24) is 10.2 Å². The number of hydrogen-bond donors (Lipinski definition) is 2. The second-order valence-corrected chi connectivity index (χ2v) is 5.87. The molecule has 0 saturated carbocycles. The Bertz CT molecular complexity index is 481. The van der Waals surface area contributed by atoms with Crippen molar-refractivity contribution in [2.24, 2.45) is 0 Å². The van der Waals surface area contributed by atoms with Crippen molar-refractivity contribution < 1.29 is 14.6 Å². The number of methoxy groups -OCH3 is 2. The van der Waals surface area contributed by atoms with Gasteiger partial charge in [-0.05, 0) is 43.5 Å². The van der Waals surface area contributed by atoms with E-state index in [0.29, 0.717) is 23.6 Å². The van der Waals surface area contributed by atoms with Crippen LogP contribution in [0.25, 0.3) is 0 Å². The van der Waals surface area contributed by atoms with E-state index in [1.165, 1.54) is 32.4 Å². The normalized spacial score (nSPS) is 25.0. The van der Waals surface area contributed by atoms with Gasteiger partial charge in [0.1, 0.15) is 0 Å². The number of hydrogen-bond acceptors (Lipinski definition) is 5. The van der Waals surface area contributed by atoms with Gasteiger partial charge in [-0.1, -0.05) is 0 Å². The first kappa shape index (κ1) is 14.5. The summed E-state index contributed by atoms with van der Waals surface area (Å²) in [4.78, 5) is 2.59. The summed E-state index contributed by atoms with van der Waals surface area (Å²) < 4.78 is 10.4. The van der Waals surface area contributed by atoms with E-state index in [4.69, 9.17) is 9.47 Å². The standard InChI is InChI=1S/C16H24N2O3/c1-20-14-8-11(9-15(21-2)16(14)19)10-17-12-5-7-18-6-3-4-13(12)18/h8-9,12-13,17,19H,3-7,10H2,1-2H3. The zero-order valence-electron chi connectivity index (χ0n) is 12.8. The minimum atomic E-state index is 0.0617. The monoisotopic (exact) mass is 292 g/mol. The van der Waals surface area contributed by atoms with Gasteiger partial charge in [0.2, 0.25) is 5.75 Å². The molecule has 0 radical (unpaired) electrons. The Balaban J connectivity index is 1.67. The molecule has 21 heavy (non-hydrogen) atoms. The largest absolute Gasteiger partial charge is 0.502 e. The van der Waals surface area contributed by atoms with Crippen LogP contribution in [0.3, 0.4) is 0 Å². The lowest BCUT2D eigenvalue weighted by Gasteiger charge is -2.21. The molecule has 1 aromatic rings. The van der Waals surface area contributed by atoms with Crippen molar-refractivity contribution in [1.29, 1.82) is 0 Å². The van der Waals surface area contributed by atoms with E-state index >= 15 is 0 Å². The average Bonchev–Trinajstić information content (AvgIpc) is 3.10. The fourth-order valence-corrected chi connectivity index (χ4v) is 3.62. The second kappa shape index (κ2) is 6.12. The lowest BCUT2D eigenvalue weighted by Crippen LogP contribution is -2.38. The lowest BCUT2D eigenvalue weighted by atomic mass is 10.1. The Morgan fingerprint density at radius 1 is 1.19 bits per heavy atom. The van der Waals surface area contributed by atoms with Crippen LogP contribution in [0.1, 0.15) is 24.8 Å². The summed E-state index contributed by atoms with van der Waals surface area (Å²) in [5, 5.41) is 13.6. The van der Waals surface area contributed by atoms with Crippen LogP contribution in [-0.2, 0) is 6.54 Å². The van der Waals surface area contributed by atoms with Crippen molar-refractivity contribution in [3.63, 3.8) is 0 Å². The molecule has 0 aliphatic carbocycles. The van der Waals surface area contributed by atoms with Crippen LogP contribution in [0.5, 0.6) is 17.2 Å². The number of nitrogens with zero attached hydrogens (tertiary/aromatic N) is 1. The van der Waals surface area contributed by atoms with Crippen LogP contribution in [0.15, 0.2) is 12.1 Å². The molecule has 1 aromatic carbocycles. The van der Waals surface area contributed by atoms with E-state index in [-0.39, 0.29) is 5.75 Å². The van der Waals surface area contributed by atoms with Gasteiger partial charge in [0.05, 0.1) is 14.2 Å². The quantitative estimate of drug-likeness (QED) is 0.866. The van der Waals surface area contributed by atoms with Gasteiger partial charge in [0.15, 0.2) is 11.5 Å². The highest BCUT2D eigenvalue weighted by molar-refractivity contribution is 5.52. The molecule has 0 amide bonds. The molecule has 2 saturated heterocycles. The van der Waals surface area contributed by atoms with Gasteiger partial charge in [-0.25, -0.2) is 0 Å². The molecule has 2 heterocycles. The Kier molecular flexibility index (Phi) is 4.22. The van der Waals surface area contributed by atoms with Crippen LogP contribution >= 0.6 is 0 Å². The third-order valence-electron chi connectivity index (χ3n) is 4.71. The van der Waals surface area contributed by atoms with Crippen molar-refractivity contribution in [3.05, 3.63) is 17.7 Å². The van der Waals surface area contributed by atoms with E-state index in [0.717, 1.165) is 12.1 Å². The maximum absolute atomic E-state index is 9.94. The number of phenols is 1. The predicted octanol–water partition coefficient (Wildman–Crippen LogP) is 1.74. The van der Waals surface area contributed by atoms with Crippen molar-refractivity contribution in [2.45, 2.75) is 37.9 Å². The zero-order valence-corrected chi connectivity index (χ0v) is 12.8.